The number of methoxy groups -OCH3 is 1. The summed E-state index contributed by atoms with van der Waals surface area (Å²) in [7, 11) is 1.38. The fourth-order valence-electron chi connectivity index (χ4n) is 3.32. The molecule has 2 heterocycles. The molecule has 1 unspecified atom stereocenters. The van der Waals surface area contributed by atoms with Crippen LogP contribution in [0.4, 0.5) is 0 Å². The second-order valence-electron chi connectivity index (χ2n) is 6.26. The molecule has 28 heavy (non-hydrogen) atoms. The van der Waals surface area contributed by atoms with Crippen LogP contribution in [-0.4, -0.2) is 22.5 Å². The Kier molecular flexibility index (Phi) is 5.20. The van der Waals surface area contributed by atoms with Crippen LogP contribution in [0.3, 0.4) is 0 Å². The van der Waals surface area contributed by atoms with Crippen LogP contribution < -0.4 is 0 Å². The van der Waals surface area contributed by atoms with E-state index in [1.807, 2.05) is 71.3 Å². The molecule has 140 valence electrons. The molecule has 4 rings (SSSR count). The Morgan fingerprint density at radius 2 is 1.79 bits per heavy atom. The quantitative estimate of drug-likeness (QED) is 0.370. The number of imidazole rings is 1. The van der Waals surface area contributed by atoms with Crippen LogP contribution in [-0.2, 0) is 9.53 Å². The van der Waals surface area contributed by atoms with E-state index in [0.717, 1.165) is 21.4 Å². The molecular weight excluding hydrogens is 440 g/mol. The molecule has 0 saturated heterocycles. The summed E-state index contributed by atoms with van der Waals surface area (Å²) in [5.41, 5.74) is 3.77. The van der Waals surface area contributed by atoms with Crippen molar-refractivity contribution in [3.63, 3.8) is 0 Å². The predicted molar refractivity (Wildman–Crippen MR) is 114 cm³/mol. The maximum atomic E-state index is 12.9. The number of nitrogens with zero attached hydrogens (tertiary/aromatic N) is 2. The van der Waals surface area contributed by atoms with E-state index in [9.17, 15) is 4.79 Å². The van der Waals surface area contributed by atoms with Crippen molar-refractivity contribution in [2.24, 2.45) is 0 Å². The number of carbonyl (C=O) groups is 1. The molecule has 0 fully saturated rings. The summed E-state index contributed by atoms with van der Waals surface area (Å²) in [6.07, 6.45) is 1.90. The number of rotatable bonds is 4. The Labute approximate surface area is 175 Å². The number of aromatic nitrogens is 2. The molecule has 4 nitrogen and oxygen atoms in total. The van der Waals surface area contributed by atoms with E-state index in [1.54, 1.807) is 6.07 Å². The Balaban J connectivity index is 2.04. The third-order valence-corrected chi connectivity index (χ3v) is 5.48. The van der Waals surface area contributed by atoms with E-state index < -0.39 is 11.9 Å². The van der Waals surface area contributed by atoms with Crippen LogP contribution in [0.5, 0.6) is 0 Å². The highest BCUT2D eigenvalue weighted by Gasteiger charge is 2.32. The molecule has 0 aliphatic carbocycles. The van der Waals surface area contributed by atoms with Gasteiger partial charge in [0, 0.05) is 21.3 Å². The van der Waals surface area contributed by atoms with Crippen LogP contribution >= 0.6 is 27.5 Å². The molecule has 0 saturated carbocycles. The SMILES string of the molecule is COC(=O)C(c1ccccc1Cl)c1c(-c2ccc(Br)cc2)nc2ccccn12. The monoisotopic (exact) mass is 454 g/mol. The first-order valence-corrected chi connectivity index (χ1v) is 9.82. The Morgan fingerprint density at radius 1 is 1.07 bits per heavy atom. The zero-order valence-electron chi connectivity index (χ0n) is 15.0. The van der Waals surface area contributed by atoms with E-state index in [4.69, 9.17) is 21.3 Å². The summed E-state index contributed by atoms with van der Waals surface area (Å²) >= 11 is 9.93. The molecule has 2 aromatic carbocycles. The van der Waals surface area contributed by atoms with Gasteiger partial charge in [-0.1, -0.05) is 63.9 Å². The van der Waals surface area contributed by atoms with Gasteiger partial charge in [-0.15, -0.1) is 0 Å². The number of esters is 1. The first-order valence-electron chi connectivity index (χ1n) is 8.65. The summed E-state index contributed by atoms with van der Waals surface area (Å²) in [5.74, 6) is -1.10. The molecule has 0 amide bonds. The van der Waals surface area contributed by atoms with Crippen molar-refractivity contribution in [3.05, 3.63) is 93.7 Å². The van der Waals surface area contributed by atoms with Gasteiger partial charge >= 0.3 is 5.97 Å². The summed E-state index contributed by atoms with van der Waals surface area (Å²) in [4.78, 5) is 17.7. The van der Waals surface area contributed by atoms with Crippen molar-refractivity contribution in [1.29, 1.82) is 0 Å². The number of fused-ring (bicyclic) bond motifs is 1. The van der Waals surface area contributed by atoms with Crippen molar-refractivity contribution in [2.75, 3.05) is 7.11 Å². The number of halogens is 2. The number of hydrogen-bond donors (Lipinski definition) is 0. The van der Waals surface area contributed by atoms with Crippen molar-refractivity contribution >= 4 is 39.1 Å². The number of ether oxygens (including phenoxy) is 1. The van der Waals surface area contributed by atoms with Crippen LogP contribution in [0.15, 0.2) is 77.4 Å². The standard InChI is InChI=1S/C22H16BrClN2O2/c1-28-22(27)19(16-6-2-3-7-17(16)24)21-20(14-9-11-15(23)12-10-14)25-18-8-4-5-13-26(18)21/h2-13,19H,1H3. The minimum atomic E-state index is -0.713. The van der Waals surface area contributed by atoms with E-state index in [-0.39, 0.29) is 0 Å². The van der Waals surface area contributed by atoms with Crippen molar-refractivity contribution in [2.45, 2.75) is 5.92 Å². The number of benzene rings is 2. The fraction of sp³-hybridized carbons (Fsp3) is 0.0909. The smallest absolute Gasteiger partial charge is 0.319 e. The lowest BCUT2D eigenvalue weighted by molar-refractivity contribution is -0.141. The first kappa shape index (κ1) is 18.7. The van der Waals surface area contributed by atoms with E-state index in [0.29, 0.717) is 16.3 Å². The van der Waals surface area contributed by atoms with Crippen molar-refractivity contribution in [1.82, 2.24) is 9.38 Å². The molecule has 0 spiro atoms. The topological polar surface area (TPSA) is 43.6 Å². The normalized spacial score (nSPS) is 12.1. The van der Waals surface area contributed by atoms with Gasteiger partial charge in [0.25, 0.3) is 0 Å². The minimum absolute atomic E-state index is 0.392. The molecule has 1 atom stereocenters. The van der Waals surface area contributed by atoms with Gasteiger partial charge in [0.05, 0.1) is 18.5 Å². The molecule has 4 aromatic rings. The lowest BCUT2D eigenvalue weighted by Crippen LogP contribution is -2.18. The van der Waals surface area contributed by atoms with Crippen LogP contribution in [0, 0.1) is 0 Å². The van der Waals surface area contributed by atoms with Gasteiger partial charge in [0.15, 0.2) is 0 Å². The molecule has 0 bridgehead atoms. The van der Waals surface area contributed by atoms with Crippen LogP contribution in [0.25, 0.3) is 16.9 Å². The molecule has 0 aliphatic heterocycles. The molecule has 0 N–H and O–H groups in total. The van der Waals surface area contributed by atoms with Crippen LogP contribution in [0.1, 0.15) is 17.2 Å². The Hall–Kier alpha value is -2.63. The number of carbonyl (C=O) groups excluding carboxylic acids is 1. The minimum Gasteiger partial charge on any atom is -0.468 e. The fourth-order valence-corrected chi connectivity index (χ4v) is 3.83. The van der Waals surface area contributed by atoms with Gasteiger partial charge < -0.3 is 9.14 Å². The highest BCUT2D eigenvalue weighted by atomic mass is 79.9. The number of pyridine rings is 1. The molecule has 0 radical (unpaired) electrons. The van der Waals surface area contributed by atoms with Gasteiger partial charge in [-0.05, 0) is 35.9 Å². The molecular formula is C22H16BrClN2O2. The first-order chi connectivity index (χ1) is 13.6. The van der Waals surface area contributed by atoms with Gasteiger partial charge in [-0.25, -0.2) is 4.98 Å². The maximum absolute atomic E-state index is 12.9. The lowest BCUT2D eigenvalue weighted by Gasteiger charge is -2.18. The summed E-state index contributed by atoms with van der Waals surface area (Å²) in [6, 6.07) is 20.9. The Morgan fingerprint density at radius 3 is 2.50 bits per heavy atom. The highest BCUT2D eigenvalue weighted by Crippen LogP contribution is 2.37. The highest BCUT2D eigenvalue weighted by molar-refractivity contribution is 9.10. The summed E-state index contributed by atoms with van der Waals surface area (Å²) in [5, 5.41) is 0.505. The molecule has 0 aliphatic rings. The maximum Gasteiger partial charge on any atom is 0.319 e. The van der Waals surface area contributed by atoms with Crippen molar-refractivity contribution < 1.29 is 9.53 Å². The zero-order valence-corrected chi connectivity index (χ0v) is 17.3. The number of hydrogen-bond acceptors (Lipinski definition) is 3. The third-order valence-electron chi connectivity index (χ3n) is 4.61. The summed E-state index contributed by atoms with van der Waals surface area (Å²) in [6.45, 7) is 0. The van der Waals surface area contributed by atoms with Crippen LogP contribution in [0.2, 0.25) is 5.02 Å². The second kappa shape index (κ2) is 7.78. The van der Waals surface area contributed by atoms with Gasteiger partial charge in [0.1, 0.15) is 11.6 Å². The summed E-state index contributed by atoms with van der Waals surface area (Å²) < 4.78 is 8.05. The molecule has 6 heteroatoms. The van der Waals surface area contributed by atoms with E-state index in [2.05, 4.69) is 15.9 Å². The lowest BCUT2D eigenvalue weighted by atomic mass is 9.92. The van der Waals surface area contributed by atoms with Gasteiger partial charge in [0.2, 0.25) is 0 Å². The van der Waals surface area contributed by atoms with E-state index in [1.165, 1.54) is 7.11 Å². The second-order valence-corrected chi connectivity index (χ2v) is 7.58. The van der Waals surface area contributed by atoms with Crippen molar-refractivity contribution in [3.8, 4) is 11.3 Å². The third kappa shape index (κ3) is 3.32. The largest absolute Gasteiger partial charge is 0.468 e. The average molecular weight is 456 g/mol. The van der Waals surface area contributed by atoms with E-state index >= 15 is 0 Å². The predicted octanol–water partition coefficient (Wildman–Crippen LogP) is 5.72. The van der Waals surface area contributed by atoms with Gasteiger partial charge in [-0.3, -0.25) is 4.79 Å². The average Bonchev–Trinajstić information content (AvgIpc) is 3.09. The molecule has 2 aromatic heterocycles. The zero-order chi connectivity index (χ0) is 19.7. The Bertz CT molecular complexity index is 1150. The van der Waals surface area contributed by atoms with Gasteiger partial charge in [-0.2, -0.15) is 0 Å².